The molecule has 2 N–H and O–H groups in total. The Bertz CT molecular complexity index is 1100. The Morgan fingerprint density at radius 1 is 0.917 bits per heavy atom. The summed E-state index contributed by atoms with van der Waals surface area (Å²) in [5.41, 5.74) is 1.27. The number of aliphatic hydroxyl groups is 1. The van der Waals surface area contributed by atoms with Crippen LogP contribution in [0.15, 0.2) is 16.8 Å². The molecule has 0 amide bonds. The third-order valence-electron chi connectivity index (χ3n) is 11.6. The van der Waals surface area contributed by atoms with Crippen molar-refractivity contribution in [1.29, 1.82) is 0 Å². The molecule has 7 aliphatic rings. The first-order valence-corrected chi connectivity index (χ1v) is 14.4. The van der Waals surface area contributed by atoms with Gasteiger partial charge in [-0.05, 0) is 121 Å². The highest BCUT2D eigenvalue weighted by atomic mass is 16.5. The monoisotopic (exact) mass is 491 g/mol. The molecule has 7 heteroatoms. The number of hydrogen-bond donors (Lipinski definition) is 2. The lowest BCUT2D eigenvalue weighted by molar-refractivity contribution is -0.120. The lowest BCUT2D eigenvalue weighted by atomic mass is 9.49. The number of hydrogen-bond acceptors (Lipinski definition) is 7. The first-order chi connectivity index (χ1) is 17.2. The molecular formula is C29H41N5O2. The zero-order valence-corrected chi connectivity index (χ0v) is 22.0. The molecule has 2 heterocycles. The third-order valence-corrected chi connectivity index (χ3v) is 11.6. The van der Waals surface area contributed by atoms with Crippen LogP contribution in [0.3, 0.4) is 0 Å². The average Bonchev–Trinajstić information content (AvgIpc) is 3.65. The fourth-order valence-corrected chi connectivity index (χ4v) is 8.30. The predicted octanol–water partition coefficient (Wildman–Crippen LogP) is 5.80. The number of nitrogens with zero attached hydrogens (tertiary/aromatic N) is 4. The van der Waals surface area contributed by atoms with E-state index in [9.17, 15) is 5.11 Å². The SMILES string of the molecule is CC(C)(O)C12CCC(c3ccnc(NCC45CCC(c6nc(C7CC7)no6)(CC4)CC5)n3)(CC1)CC2. The molecule has 0 aliphatic heterocycles. The summed E-state index contributed by atoms with van der Waals surface area (Å²) in [6.07, 6.45) is 18.1. The summed E-state index contributed by atoms with van der Waals surface area (Å²) in [5, 5.41) is 18.8. The molecule has 194 valence electrons. The van der Waals surface area contributed by atoms with E-state index in [-0.39, 0.29) is 16.2 Å². The Balaban J connectivity index is 1.00. The lowest BCUT2D eigenvalue weighted by Crippen LogP contribution is -2.54. The number of aromatic nitrogens is 4. The maximum atomic E-state index is 10.8. The van der Waals surface area contributed by atoms with Crippen molar-refractivity contribution in [3.63, 3.8) is 0 Å². The molecule has 2 aromatic heterocycles. The predicted molar refractivity (Wildman–Crippen MR) is 137 cm³/mol. The van der Waals surface area contributed by atoms with Crippen molar-refractivity contribution in [2.24, 2.45) is 10.8 Å². The summed E-state index contributed by atoms with van der Waals surface area (Å²) < 4.78 is 5.79. The molecule has 0 spiro atoms. The summed E-state index contributed by atoms with van der Waals surface area (Å²) in [4.78, 5) is 14.5. The van der Waals surface area contributed by atoms with Gasteiger partial charge in [-0.2, -0.15) is 4.98 Å². The molecule has 7 fully saturated rings. The minimum absolute atomic E-state index is 0.0832. The van der Waals surface area contributed by atoms with Gasteiger partial charge in [0.25, 0.3) is 0 Å². The van der Waals surface area contributed by atoms with Crippen molar-refractivity contribution in [2.75, 3.05) is 11.9 Å². The van der Waals surface area contributed by atoms with E-state index in [1.807, 2.05) is 20.0 Å². The van der Waals surface area contributed by atoms with Gasteiger partial charge in [-0.15, -0.1) is 0 Å². The minimum Gasteiger partial charge on any atom is -0.390 e. The molecule has 7 nitrogen and oxygen atoms in total. The Labute approximate surface area is 214 Å². The number of fused-ring (bicyclic) bond motifs is 6. The van der Waals surface area contributed by atoms with Crippen LogP contribution < -0.4 is 5.32 Å². The molecule has 7 saturated carbocycles. The van der Waals surface area contributed by atoms with E-state index < -0.39 is 5.60 Å². The second kappa shape index (κ2) is 7.75. The standard InChI is InChI=1S/C29H41N5O2/c1-25(2,35)29-15-12-27(13-16-29,14-17-29)21-5-18-30-24(32-21)31-19-26-6-9-28(10-7-26,11-8-26)23-33-22(34-36-23)20-3-4-20/h5,18,20,35H,3-4,6-17,19H2,1-2H3,(H,30,31,32). The summed E-state index contributed by atoms with van der Waals surface area (Å²) in [7, 11) is 0. The molecule has 7 aliphatic carbocycles. The molecule has 2 aromatic rings. The van der Waals surface area contributed by atoms with Crippen LogP contribution in [0.2, 0.25) is 0 Å². The number of nitrogens with one attached hydrogen (secondary N) is 1. The highest BCUT2D eigenvalue weighted by Gasteiger charge is 2.56. The molecule has 9 rings (SSSR count). The summed E-state index contributed by atoms with van der Waals surface area (Å²) in [5.74, 6) is 3.20. The van der Waals surface area contributed by atoms with Crippen LogP contribution in [0.25, 0.3) is 0 Å². The van der Waals surface area contributed by atoms with Crippen LogP contribution in [0.5, 0.6) is 0 Å². The molecule has 0 unspecified atom stereocenters. The van der Waals surface area contributed by atoms with Gasteiger partial charge in [-0.25, -0.2) is 9.97 Å². The van der Waals surface area contributed by atoms with Crippen molar-refractivity contribution >= 4 is 5.95 Å². The minimum atomic E-state index is -0.599. The first kappa shape index (κ1) is 23.1. The fraction of sp³-hybridized carbons (Fsp3) is 0.793. The van der Waals surface area contributed by atoms with Crippen molar-refractivity contribution < 1.29 is 9.63 Å². The quantitative estimate of drug-likeness (QED) is 0.505. The zero-order valence-electron chi connectivity index (χ0n) is 22.0. The van der Waals surface area contributed by atoms with Crippen LogP contribution in [0.4, 0.5) is 5.95 Å². The van der Waals surface area contributed by atoms with Gasteiger partial charge in [-0.1, -0.05) is 5.16 Å². The van der Waals surface area contributed by atoms with E-state index in [1.165, 1.54) is 37.8 Å². The third kappa shape index (κ3) is 3.55. The molecule has 0 saturated heterocycles. The highest BCUT2D eigenvalue weighted by molar-refractivity contribution is 5.31. The summed E-state index contributed by atoms with van der Waals surface area (Å²) in [6, 6.07) is 2.14. The van der Waals surface area contributed by atoms with Gasteiger partial charge in [0, 0.05) is 29.5 Å². The topological polar surface area (TPSA) is 97.0 Å². The smallest absolute Gasteiger partial charge is 0.232 e. The molecule has 36 heavy (non-hydrogen) atoms. The van der Waals surface area contributed by atoms with E-state index >= 15 is 0 Å². The Morgan fingerprint density at radius 3 is 2.17 bits per heavy atom. The molecular weight excluding hydrogens is 450 g/mol. The fourth-order valence-electron chi connectivity index (χ4n) is 8.30. The Morgan fingerprint density at radius 2 is 1.56 bits per heavy atom. The van der Waals surface area contributed by atoms with Crippen molar-refractivity contribution in [1.82, 2.24) is 20.1 Å². The van der Waals surface area contributed by atoms with Gasteiger partial charge >= 0.3 is 0 Å². The van der Waals surface area contributed by atoms with E-state index in [1.54, 1.807) is 0 Å². The van der Waals surface area contributed by atoms with Crippen LogP contribution in [-0.4, -0.2) is 37.4 Å². The van der Waals surface area contributed by atoms with E-state index in [0.717, 1.165) is 82.0 Å². The Hall–Kier alpha value is -2.02. The molecule has 0 atom stereocenters. The lowest BCUT2D eigenvalue weighted by Gasteiger charge is -2.57. The van der Waals surface area contributed by atoms with E-state index in [4.69, 9.17) is 14.5 Å². The Kier molecular flexibility index (Phi) is 4.98. The molecule has 0 radical (unpaired) electrons. The van der Waals surface area contributed by atoms with Gasteiger partial charge < -0.3 is 14.9 Å². The molecule has 0 aromatic carbocycles. The van der Waals surface area contributed by atoms with Crippen LogP contribution in [0.1, 0.15) is 127 Å². The summed E-state index contributed by atoms with van der Waals surface area (Å²) in [6.45, 7) is 4.95. The van der Waals surface area contributed by atoms with Crippen LogP contribution in [0, 0.1) is 10.8 Å². The summed E-state index contributed by atoms with van der Waals surface area (Å²) >= 11 is 0. The maximum absolute atomic E-state index is 10.8. The van der Waals surface area contributed by atoms with Gasteiger partial charge in [0.1, 0.15) is 0 Å². The largest absolute Gasteiger partial charge is 0.390 e. The van der Waals surface area contributed by atoms with Gasteiger partial charge in [0.15, 0.2) is 5.82 Å². The zero-order chi connectivity index (χ0) is 24.7. The first-order valence-electron chi connectivity index (χ1n) is 14.4. The highest BCUT2D eigenvalue weighted by Crippen LogP contribution is 2.61. The second-order valence-corrected chi connectivity index (χ2v) is 13.8. The van der Waals surface area contributed by atoms with Gasteiger partial charge in [0.05, 0.1) is 11.3 Å². The van der Waals surface area contributed by atoms with Crippen molar-refractivity contribution in [2.45, 2.75) is 126 Å². The maximum Gasteiger partial charge on any atom is 0.232 e. The molecule has 4 bridgehead atoms. The van der Waals surface area contributed by atoms with E-state index in [2.05, 4.69) is 21.5 Å². The van der Waals surface area contributed by atoms with Crippen molar-refractivity contribution in [3.05, 3.63) is 29.7 Å². The van der Waals surface area contributed by atoms with Crippen LogP contribution >= 0.6 is 0 Å². The average molecular weight is 492 g/mol. The van der Waals surface area contributed by atoms with Crippen LogP contribution in [-0.2, 0) is 10.8 Å². The number of anilines is 1. The van der Waals surface area contributed by atoms with Gasteiger partial charge in [0.2, 0.25) is 11.8 Å². The second-order valence-electron chi connectivity index (χ2n) is 13.8. The van der Waals surface area contributed by atoms with E-state index in [0.29, 0.717) is 11.3 Å². The number of rotatable bonds is 7. The van der Waals surface area contributed by atoms with Gasteiger partial charge in [-0.3, -0.25) is 0 Å². The van der Waals surface area contributed by atoms with Crippen molar-refractivity contribution in [3.8, 4) is 0 Å². The normalized spacial score (nSPS) is 37.9.